The summed E-state index contributed by atoms with van der Waals surface area (Å²) >= 11 is 0. The molecular weight excluding hydrogens is 428 g/mol. The third-order valence-electron chi connectivity index (χ3n) is 4.93. The normalized spacial score (nSPS) is 10.8. The van der Waals surface area contributed by atoms with E-state index in [0.717, 1.165) is 5.69 Å². The molecule has 176 valence electrons. The monoisotopic (exact) mass is 458 g/mol. The standard InChI is InChI=1S/C27H30N4O3/c1-27(2,3)30-25(33)19-13-15-21(16-14-19)29-24(32)18-28-22-10-8-9-20(17-22)26(34)31(4)23-11-6-5-7-12-23/h5-17,28H,18H2,1-4H3,(H,29,32)(H,30,33). The van der Waals surface area contributed by atoms with Crippen LogP contribution in [0, 0.1) is 0 Å². The summed E-state index contributed by atoms with van der Waals surface area (Å²) in [6.45, 7) is 5.78. The maximum absolute atomic E-state index is 12.8. The van der Waals surface area contributed by atoms with Crippen molar-refractivity contribution in [1.82, 2.24) is 5.32 Å². The van der Waals surface area contributed by atoms with Crippen molar-refractivity contribution >= 4 is 34.8 Å². The number of nitrogens with zero attached hydrogens (tertiary/aromatic N) is 1. The SMILES string of the molecule is CN(C(=O)c1cccc(NCC(=O)Nc2ccc(C(=O)NC(C)(C)C)cc2)c1)c1ccccc1. The van der Waals surface area contributed by atoms with Crippen LogP contribution in [0.1, 0.15) is 41.5 Å². The molecule has 0 aliphatic rings. The highest BCUT2D eigenvalue weighted by molar-refractivity contribution is 6.06. The van der Waals surface area contributed by atoms with Crippen molar-refractivity contribution in [3.8, 4) is 0 Å². The van der Waals surface area contributed by atoms with Gasteiger partial charge in [0.25, 0.3) is 11.8 Å². The number of carbonyl (C=O) groups is 3. The minimum atomic E-state index is -0.325. The molecule has 0 fully saturated rings. The number of amides is 3. The third-order valence-corrected chi connectivity index (χ3v) is 4.93. The average molecular weight is 459 g/mol. The van der Waals surface area contributed by atoms with Gasteiger partial charge in [-0.05, 0) is 75.4 Å². The number of rotatable bonds is 7. The number of carbonyl (C=O) groups excluding carboxylic acids is 3. The van der Waals surface area contributed by atoms with E-state index in [9.17, 15) is 14.4 Å². The van der Waals surface area contributed by atoms with Gasteiger partial charge in [-0.1, -0.05) is 24.3 Å². The number of hydrogen-bond donors (Lipinski definition) is 3. The second-order valence-electron chi connectivity index (χ2n) is 8.96. The summed E-state index contributed by atoms with van der Waals surface area (Å²) in [6.07, 6.45) is 0. The van der Waals surface area contributed by atoms with Gasteiger partial charge in [-0.15, -0.1) is 0 Å². The van der Waals surface area contributed by atoms with Crippen molar-refractivity contribution in [2.45, 2.75) is 26.3 Å². The highest BCUT2D eigenvalue weighted by Gasteiger charge is 2.16. The van der Waals surface area contributed by atoms with Crippen molar-refractivity contribution in [1.29, 1.82) is 0 Å². The molecule has 3 rings (SSSR count). The van der Waals surface area contributed by atoms with Crippen LogP contribution in [0.15, 0.2) is 78.9 Å². The molecule has 34 heavy (non-hydrogen) atoms. The molecule has 0 atom stereocenters. The second kappa shape index (κ2) is 10.7. The fourth-order valence-corrected chi connectivity index (χ4v) is 3.23. The Balaban J connectivity index is 1.55. The highest BCUT2D eigenvalue weighted by Crippen LogP contribution is 2.17. The largest absolute Gasteiger partial charge is 0.376 e. The number of hydrogen-bond acceptors (Lipinski definition) is 4. The number of para-hydroxylation sites is 1. The van der Waals surface area contributed by atoms with Crippen molar-refractivity contribution in [2.24, 2.45) is 0 Å². The number of benzene rings is 3. The van der Waals surface area contributed by atoms with E-state index in [1.165, 1.54) is 0 Å². The Labute approximate surface area is 200 Å². The first-order chi connectivity index (χ1) is 16.1. The van der Waals surface area contributed by atoms with Gasteiger partial charge in [0.05, 0.1) is 6.54 Å². The lowest BCUT2D eigenvalue weighted by molar-refractivity contribution is -0.114. The predicted molar refractivity (Wildman–Crippen MR) is 136 cm³/mol. The van der Waals surface area contributed by atoms with Gasteiger partial charge in [0.2, 0.25) is 5.91 Å². The van der Waals surface area contributed by atoms with E-state index >= 15 is 0 Å². The van der Waals surface area contributed by atoms with Crippen LogP contribution < -0.4 is 20.9 Å². The molecule has 3 N–H and O–H groups in total. The fourth-order valence-electron chi connectivity index (χ4n) is 3.23. The van der Waals surface area contributed by atoms with Crippen LogP contribution in [0.4, 0.5) is 17.1 Å². The smallest absolute Gasteiger partial charge is 0.258 e. The molecule has 0 aromatic heterocycles. The maximum atomic E-state index is 12.8. The Hall–Kier alpha value is -4.13. The Morgan fingerprint density at radius 2 is 1.47 bits per heavy atom. The Kier molecular flexibility index (Phi) is 7.68. The van der Waals surface area contributed by atoms with E-state index in [4.69, 9.17) is 0 Å². The predicted octanol–water partition coefficient (Wildman–Crippen LogP) is 4.54. The first kappa shape index (κ1) is 24.5. The van der Waals surface area contributed by atoms with Gasteiger partial charge in [-0.2, -0.15) is 0 Å². The average Bonchev–Trinajstić information content (AvgIpc) is 2.82. The molecule has 0 saturated heterocycles. The fraction of sp³-hybridized carbons (Fsp3) is 0.222. The molecule has 0 saturated carbocycles. The van der Waals surface area contributed by atoms with Gasteiger partial charge in [-0.25, -0.2) is 0 Å². The molecule has 0 unspecified atom stereocenters. The Bertz CT molecular complexity index is 1150. The molecule has 0 bridgehead atoms. The van der Waals surface area contributed by atoms with Crippen LogP contribution in [-0.4, -0.2) is 36.9 Å². The summed E-state index contributed by atoms with van der Waals surface area (Å²) in [5, 5.41) is 8.74. The quantitative estimate of drug-likeness (QED) is 0.485. The zero-order valence-corrected chi connectivity index (χ0v) is 19.9. The molecule has 0 aliphatic carbocycles. The molecule has 0 radical (unpaired) electrons. The number of anilines is 3. The topological polar surface area (TPSA) is 90.5 Å². The molecule has 7 heteroatoms. The van der Waals surface area contributed by atoms with Gasteiger partial charge < -0.3 is 20.9 Å². The van der Waals surface area contributed by atoms with Gasteiger partial charge in [0.15, 0.2) is 0 Å². The molecule has 0 heterocycles. The van der Waals surface area contributed by atoms with Crippen LogP contribution in [0.5, 0.6) is 0 Å². The first-order valence-electron chi connectivity index (χ1n) is 11.0. The number of nitrogens with one attached hydrogen (secondary N) is 3. The van der Waals surface area contributed by atoms with Crippen LogP contribution in [0.2, 0.25) is 0 Å². The van der Waals surface area contributed by atoms with E-state index < -0.39 is 0 Å². The van der Waals surface area contributed by atoms with Gasteiger partial charge in [0, 0.05) is 40.8 Å². The van der Waals surface area contributed by atoms with Crippen LogP contribution in [0.3, 0.4) is 0 Å². The Morgan fingerprint density at radius 1 is 0.794 bits per heavy atom. The second-order valence-corrected chi connectivity index (χ2v) is 8.96. The highest BCUT2D eigenvalue weighted by atomic mass is 16.2. The lowest BCUT2D eigenvalue weighted by Gasteiger charge is -2.20. The van der Waals surface area contributed by atoms with Gasteiger partial charge in [-0.3, -0.25) is 14.4 Å². The maximum Gasteiger partial charge on any atom is 0.258 e. The molecular formula is C27H30N4O3. The Morgan fingerprint density at radius 3 is 2.12 bits per heavy atom. The molecule has 3 aromatic carbocycles. The summed E-state index contributed by atoms with van der Waals surface area (Å²) in [5.41, 5.74) is 2.76. The minimum Gasteiger partial charge on any atom is -0.376 e. The zero-order valence-electron chi connectivity index (χ0n) is 19.9. The summed E-state index contributed by atoms with van der Waals surface area (Å²) in [4.78, 5) is 39.0. The van der Waals surface area contributed by atoms with E-state index in [1.807, 2.05) is 51.1 Å². The van der Waals surface area contributed by atoms with E-state index in [0.29, 0.717) is 22.5 Å². The third kappa shape index (κ3) is 6.93. The lowest BCUT2D eigenvalue weighted by Crippen LogP contribution is -2.40. The molecule has 3 aromatic rings. The van der Waals surface area contributed by atoms with Gasteiger partial charge in [0.1, 0.15) is 0 Å². The summed E-state index contributed by atoms with van der Waals surface area (Å²) < 4.78 is 0. The van der Waals surface area contributed by atoms with E-state index in [2.05, 4.69) is 16.0 Å². The van der Waals surface area contributed by atoms with Crippen molar-refractivity contribution in [2.75, 3.05) is 29.1 Å². The van der Waals surface area contributed by atoms with E-state index in [-0.39, 0.29) is 29.8 Å². The first-order valence-corrected chi connectivity index (χ1v) is 11.0. The zero-order chi connectivity index (χ0) is 24.7. The summed E-state index contributed by atoms with van der Waals surface area (Å²) in [5.74, 6) is -0.556. The van der Waals surface area contributed by atoms with Gasteiger partial charge >= 0.3 is 0 Å². The summed E-state index contributed by atoms with van der Waals surface area (Å²) in [7, 11) is 1.73. The lowest BCUT2D eigenvalue weighted by atomic mass is 10.1. The molecule has 7 nitrogen and oxygen atoms in total. The minimum absolute atomic E-state index is 0.0262. The van der Waals surface area contributed by atoms with Crippen LogP contribution >= 0.6 is 0 Å². The van der Waals surface area contributed by atoms with Crippen LogP contribution in [-0.2, 0) is 4.79 Å². The summed E-state index contributed by atoms with van der Waals surface area (Å²) in [6, 6.07) is 23.1. The molecule has 0 spiro atoms. The van der Waals surface area contributed by atoms with E-state index in [1.54, 1.807) is 60.5 Å². The molecule has 0 aliphatic heterocycles. The molecule has 3 amide bonds. The van der Waals surface area contributed by atoms with Crippen LogP contribution in [0.25, 0.3) is 0 Å². The van der Waals surface area contributed by atoms with Crippen molar-refractivity contribution in [3.05, 3.63) is 90.0 Å². The van der Waals surface area contributed by atoms with Crippen molar-refractivity contribution in [3.63, 3.8) is 0 Å². The van der Waals surface area contributed by atoms with Crippen molar-refractivity contribution < 1.29 is 14.4 Å².